The van der Waals surface area contributed by atoms with E-state index in [0.717, 1.165) is 5.69 Å². The van der Waals surface area contributed by atoms with E-state index in [1.165, 1.54) is 11.3 Å². The van der Waals surface area contributed by atoms with Gasteiger partial charge < -0.3 is 10.4 Å². The molecule has 1 aromatic heterocycles. The molecule has 0 amide bonds. The summed E-state index contributed by atoms with van der Waals surface area (Å²) in [4.78, 5) is 14.8. The maximum Gasteiger partial charge on any atom is 0.303 e. The molecular formula is C12H10Cl2N2O2S. The zero-order chi connectivity index (χ0) is 13.8. The van der Waals surface area contributed by atoms with Crippen LogP contribution in [-0.4, -0.2) is 16.1 Å². The van der Waals surface area contributed by atoms with E-state index in [1.807, 2.05) is 5.38 Å². The molecule has 0 aliphatic heterocycles. The molecule has 2 rings (SSSR count). The van der Waals surface area contributed by atoms with Crippen molar-refractivity contribution in [1.82, 2.24) is 4.98 Å². The number of rotatable bonds is 5. The Hall–Kier alpha value is -1.30. The van der Waals surface area contributed by atoms with Crippen LogP contribution in [0.25, 0.3) is 0 Å². The monoisotopic (exact) mass is 316 g/mol. The number of aliphatic carboxylic acids is 1. The minimum atomic E-state index is -0.833. The second kappa shape index (κ2) is 6.23. The number of nitrogens with one attached hydrogen (secondary N) is 1. The third kappa shape index (κ3) is 4.09. The maximum atomic E-state index is 10.5. The number of carboxylic acid groups (broad SMARTS) is 1. The number of benzene rings is 1. The lowest BCUT2D eigenvalue weighted by atomic mass is 10.2. The number of hydrogen-bond donors (Lipinski definition) is 2. The fourth-order valence-corrected chi connectivity index (χ4v) is 2.52. The Kier molecular flexibility index (Phi) is 4.63. The second-order valence-corrected chi connectivity index (χ2v) is 5.49. The molecule has 1 aromatic carbocycles. The highest BCUT2D eigenvalue weighted by atomic mass is 35.5. The van der Waals surface area contributed by atoms with Crippen molar-refractivity contribution in [1.29, 1.82) is 0 Å². The first-order valence-corrected chi connectivity index (χ1v) is 7.06. The van der Waals surface area contributed by atoms with E-state index in [9.17, 15) is 4.79 Å². The Bertz CT molecular complexity index is 601. The van der Waals surface area contributed by atoms with Crippen molar-refractivity contribution in [2.45, 2.75) is 12.8 Å². The van der Waals surface area contributed by atoms with Crippen LogP contribution in [0, 0.1) is 0 Å². The molecule has 100 valence electrons. The molecule has 0 atom stereocenters. The van der Waals surface area contributed by atoms with Crippen molar-refractivity contribution in [3.8, 4) is 0 Å². The Morgan fingerprint density at radius 3 is 2.95 bits per heavy atom. The fourth-order valence-electron chi connectivity index (χ4n) is 1.42. The van der Waals surface area contributed by atoms with Crippen LogP contribution in [0.15, 0.2) is 23.6 Å². The van der Waals surface area contributed by atoms with E-state index in [2.05, 4.69) is 10.3 Å². The van der Waals surface area contributed by atoms with Crippen molar-refractivity contribution in [2.75, 3.05) is 5.32 Å². The molecule has 1 heterocycles. The van der Waals surface area contributed by atoms with Crippen LogP contribution in [0.3, 0.4) is 0 Å². The number of nitrogens with zero attached hydrogens (tertiary/aromatic N) is 1. The first kappa shape index (κ1) is 14.1. The smallest absolute Gasteiger partial charge is 0.303 e. The average Bonchev–Trinajstić information content (AvgIpc) is 2.79. The first-order valence-electron chi connectivity index (χ1n) is 5.43. The number of aromatic nitrogens is 1. The number of anilines is 2. The standard InChI is InChI=1S/C12H10Cl2N2O2S/c13-7-1-3-9(14)10(5-7)16-12-15-8(6-19-12)2-4-11(17)18/h1,3,5-6H,2,4H2,(H,15,16)(H,17,18). The Balaban J connectivity index is 2.07. The summed E-state index contributed by atoms with van der Waals surface area (Å²) in [6.07, 6.45) is 0.484. The predicted molar refractivity (Wildman–Crippen MR) is 77.8 cm³/mol. The Morgan fingerprint density at radius 2 is 2.21 bits per heavy atom. The molecule has 4 nitrogen and oxygen atoms in total. The number of carbonyl (C=O) groups is 1. The molecule has 19 heavy (non-hydrogen) atoms. The van der Waals surface area contributed by atoms with Crippen LogP contribution in [0.2, 0.25) is 10.0 Å². The lowest BCUT2D eigenvalue weighted by molar-refractivity contribution is -0.136. The van der Waals surface area contributed by atoms with E-state index in [0.29, 0.717) is 27.3 Å². The minimum absolute atomic E-state index is 0.0705. The highest BCUT2D eigenvalue weighted by molar-refractivity contribution is 7.13. The average molecular weight is 317 g/mol. The molecule has 2 N–H and O–H groups in total. The molecule has 0 aliphatic rings. The van der Waals surface area contributed by atoms with Gasteiger partial charge in [-0.05, 0) is 18.2 Å². The van der Waals surface area contributed by atoms with Crippen LogP contribution in [0.5, 0.6) is 0 Å². The molecule has 7 heteroatoms. The van der Waals surface area contributed by atoms with Gasteiger partial charge in [-0.3, -0.25) is 4.79 Å². The van der Waals surface area contributed by atoms with Crippen molar-refractivity contribution < 1.29 is 9.90 Å². The van der Waals surface area contributed by atoms with E-state index in [-0.39, 0.29) is 6.42 Å². The number of aryl methyl sites for hydroxylation is 1. The number of halogens is 2. The second-order valence-electron chi connectivity index (χ2n) is 3.79. The normalized spacial score (nSPS) is 10.4. The SMILES string of the molecule is O=C(O)CCc1csc(Nc2cc(Cl)ccc2Cl)n1. The maximum absolute atomic E-state index is 10.5. The van der Waals surface area contributed by atoms with Crippen molar-refractivity contribution in [2.24, 2.45) is 0 Å². The van der Waals surface area contributed by atoms with Gasteiger partial charge in [0.2, 0.25) is 0 Å². The van der Waals surface area contributed by atoms with E-state index in [1.54, 1.807) is 18.2 Å². The molecule has 0 bridgehead atoms. The molecule has 0 saturated heterocycles. The van der Waals surface area contributed by atoms with Crippen molar-refractivity contribution >= 4 is 51.3 Å². The van der Waals surface area contributed by atoms with Crippen LogP contribution < -0.4 is 5.32 Å². The van der Waals surface area contributed by atoms with Crippen molar-refractivity contribution in [3.63, 3.8) is 0 Å². The van der Waals surface area contributed by atoms with Gasteiger partial charge >= 0.3 is 5.97 Å². The predicted octanol–water partition coefficient (Wildman–Crippen LogP) is 4.21. The molecule has 0 unspecified atom stereocenters. The molecule has 0 radical (unpaired) electrons. The lowest BCUT2D eigenvalue weighted by Gasteiger charge is -2.05. The molecule has 0 aliphatic carbocycles. The van der Waals surface area contributed by atoms with E-state index < -0.39 is 5.97 Å². The van der Waals surface area contributed by atoms with Gasteiger partial charge in [0, 0.05) is 16.8 Å². The van der Waals surface area contributed by atoms with Gasteiger partial charge in [-0.2, -0.15) is 0 Å². The summed E-state index contributed by atoms with van der Waals surface area (Å²) in [6, 6.07) is 5.11. The lowest BCUT2D eigenvalue weighted by Crippen LogP contribution is -1.98. The number of thiazole rings is 1. The minimum Gasteiger partial charge on any atom is -0.481 e. The highest BCUT2D eigenvalue weighted by Gasteiger charge is 2.07. The summed E-state index contributed by atoms with van der Waals surface area (Å²) in [5, 5.41) is 15.3. The molecule has 0 fully saturated rings. The molecule has 0 spiro atoms. The van der Waals surface area contributed by atoms with Crippen LogP contribution in [0.4, 0.5) is 10.8 Å². The summed E-state index contributed by atoms with van der Waals surface area (Å²) in [6.45, 7) is 0. The van der Waals surface area contributed by atoms with Gasteiger partial charge in [-0.15, -0.1) is 11.3 Å². The third-order valence-corrected chi connectivity index (χ3v) is 3.69. The van der Waals surface area contributed by atoms with Crippen LogP contribution in [0.1, 0.15) is 12.1 Å². The zero-order valence-electron chi connectivity index (χ0n) is 9.69. The number of carboxylic acids is 1. The summed E-state index contributed by atoms with van der Waals surface area (Å²) >= 11 is 13.3. The summed E-state index contributed by atoms with van der Waals surface area (Å²) in [5.41, 5.74) is 1.42. The topological polar surface area (TPSA) is 62.2 Å². The number of hydrogen-bond acceptors (Lipinski definition) is 4. The van der Waals surface area contributed by atoms with Gasteiger partial charge in [0.15, 0.2) is 5.13 Å². The molecular weight excluding hydrogens is 307 g/mol. The molecule has 0 saturated carbocycles. The van der Waals surface area contributed by atoms with Gasteiger partial charge in [0.1, 0.15) is 0 Å². The van der Waals surface area contributed by atoms with Gasteiger partial charge in [-0.25, -0.2) is 4.98 Å². The third-order valence-electron chi connectivity index (χ3n) is 2.32. The summed E-state index contributed by atoms with van der Waals surface area (Å²) < 4.78 is 0. The van der Waals surface area contributed by atoms with Gasteiger partial charge in [-0.1, -0.05) is 23.2 Å². The quantitative estimate of drug-likeness (QED) is 0.867. The van der Waals surface area contributed by atoms with Gasteiger partial charge in [0.25, 0.3) is 0 Å². The highest BCUT2D eigenvalue weighted by Crippen LogP contribution is 2.29. The van der Waals surface area contributed by atoms with Crippen LogP contribution in [-0.2, 0) is 11.2 Å². The fraction of sp³-hybridized carbons (Fsp3) is 0.167. The van der Waals surface area contributed by atoms with E-state index in [4.69, 9.17) is 28.3 Å². The van der Waals surface area contributed by atoms with Crippen LogP contribution >= 0.6 is 34.5 Å². The zero-order valence-corrected chi connectivity index (χ0v) is 12.0. The Labute approximate surface area is 124 Å². The summed E-state index contributed by atoms with van der Waals surface area (Å²) in [5.74, 6) is -0.833. The van der Waals surface area contributed by atoms with Crippen molar-refractivity contribution in [3.05, 3.63) is 39.3 Å². The summed E-state index contributed by atoms with van der Waals surface area (Å²) in [7, 11) is 0. The van der Waals surface area contributed by atoms with Gasteiger partial charge in [0.05, 0.1) is 22.8 Å². The molecule has 2 aromatic rings. The van der Waals surface area contributed by atoms with E-state index >= 15 is 0 Å². The Morgan fingerprint density at radius 1 is 1.42 bits per heavy atom. The largest absolute Gasteiger partial charge is 0.481 e. The first-order chi connectivity index (χ1) is 9.04.